The third kappa shape index (κ3) is 15.4. The van der Waals surface area contributed by atoms with E-state index >= 15 is 0 Å². The highest BCUT2D eigenvalue weighted by atomic mass is 16.3. The van der Waals surface area contributed by atoms with Crippen molar-refractivity contribution in [3.05, 3.63) is 0 Å². The van der Waals surface area contributed by atoms with Gasteiger partial charge in [-0.05, 0) is 26.9 Å². The van der Waals surface area contributed by atoms with E-state index in [1.807, 2.05) is 0 Å². The molecule has 0 radical (unpaired) electrons. The van der Waals surface area contributed by atoms with Crippen LogP contribution in [0.2, 0.25) is 0 Å². The monoisotopic (exact) mass is 343 g/mol. The number of hydrogen-bond donors (Lipinski definition) is 2. The molecule has 24 heavy (non-hydrogen) atoms. The van der Waals surface area contributed by atoms with Gasteiger partial charge >= 0.3 is 0 Å². The van der Waals surface area contributed by atoms with E-state index in [0.717, 1.165) is 6.42 Å². The summed E-state index contributed by atoms with van der Waals surface area (Å²) in [4.78, 5) is 2.18. The van der Waals surface area contributed by atoms with Crippen LogP contribution in [0, 0.1) is 0 Å². The third-order valence-electron chi connectivity index (χ3n) is 5.13. The van der Waals surface area contributed by atoms with E-state index in [1.165, 1.54) is 83.5 Å². The number of aliphatic hydroxyl groups excluding tert-OH is 2. The topological polar surface area (TPSA) is 43.7 Å². The normalized spacial score (nSPS) is 14.2. The van der Waals surface area contributed by atoms with Crippen LogP contribution in [0.3, 0.4) is 0 Å². The van der Waals surface area contributed by atoms with Gasteiger partial charge in [0.1, 0.15) is 0 Å². The fraction of sp³-hybridized carbons (Fsp3) is 1.00. The molecule has 0 aromatic rings. The molecule has 0 heterocycles. The van der Waals surface area contributed by atoms with Crippen molar-refractivity contribution in [2.24, 2.45) is 0 Å². The Morgan fingerprint density at radius 2 is 1.12 bits per heavy atom. The van der Waals surface area contributed by atoms with Crippen molar-refractivity contribution in [3.63, 3.8) is 0 Å². The maximum Gasteiger partial charge on any atom is 0.0785 e. The summed E-state index contributed by atoms with van der Waals surface area (Å²) in [5.41, 5.74) is 0. The fourth-order valence-electron chi connectivity index (χ4n) is 3.37. The van der Waals surface area contributed by atoms with Crippen LogP contribution in [-0.4, -0.2) is 48.0 Å². The van der Waals surface area contributed by atoms with Crippen LogP contribution >= 0.6 is 0 Å². The predicted molar refractivity (Wildman–Crippen MR) is 105 cm³/mol. The van der Waals surface area contributed by atoms with Crippen molar-refractivity contribution in [3.8, 4) is 0 Å². The zero-order valence-corrected chi connectivity index (χ0v) is 16.8. The van der Waals surface area contributed by atoms with Crippen LogP contribution in [0.25, 0.3) is 0 Å². The van der Waals surface area contributed by atoms with E-state index < -0.39 is 6.10 Å². The van der Waals surface area contributed by atoms with Gasteiger partial charge in [-0.25, -0.2) is 0 Å². The van der Waals surface area contributed by atoms with E-state index in [-0.39, 0.29) is 6.61 Å². The van der Waals surface area contributed by atoms with Gasteiger partial charge in [0.25, 0.3) is 0 Å². The zero-order chi connectivity index (χ0) is 18.0. The molecule has 3 heteroatoms. The first-order valence-electron chi connectivity index (χ1n) is 10.6. The van der Waals surface area contributed by atoms with Gasteiger partial charge in [0, 0.05) is 6.04 Å². The molecule has 0 amide bonds. The maximum absolute atomic E-state index is 9.60. The van der Waals surface area contributed by atoms with Crippen LogP contribution in [0.1, 0.15) is 103 Å². The van der Waals surface area contributed by atoms with Crippen LogP contribution < -0.4 is 0 Å². The van der Waals surface area contributed by atoms with Crippen molar-refractivity contribution in [2.75, 3.05) is 20.7 Å². The van der Waals surface area contributed by atoms with Crippen LogP contribution in [0.4, 0.5) is 0 Å². The smallest absolute Gasteiger partial charge is 0.0785 e. The zero-order valence-electron chi connectivity index (χ0n) is 16.8. The Kier molecular flexibility index (Phi) is 17.6. The molecular weight excluding hydrogens is 298 g/mol. The molecule has 0 rings (SSSR count). The Balaban J connectivity index is 3.36. The molecule has 0 aromatic carbocycles. The molecule has 0 fully saturated rings. The average Bonchev–Trinajstić information content (AvgIpc) is 2.57. The first-order chi connectivity index (χ1) is 11.6. The van der Waals surface area contributed by atoms with Gasteiger partial charge in [0.15, 0.2) is 0 Å². The first-order valence-corrected chi connectivity index (χ1v) is 10.6. The van der Waals surface area contributed by atoms with E-state index in [4.69, 9.17) is 5.11 Å². The fourth-order valence-corrected chi connectivity index (χ4v) is 3.37. The van der Waals surface area contributed by atoms with E-state index in [0.29, 0.717) is 12.5 Å². The lowest BCUT2D eigenvalue weighted by molar-refractivity contribution is 0.0634. The van der Waals surface area contributed by atoms with Gasteiger partial charge in [-0.15, -0.1) is 0 Å². The van der Waals surface area contributed by atoms with E-state index in [1.54, 1.807) is 0 Å². The molecule has 0 spiro atoms. The molecule has 3 nitrogen and oxygen atoms in total. The van der Waals surface area contributed by atoms with Gasteiger partial charge in [-0.2, -0.15) is 0 Å². The Labute approximate surface area is 151 Å². The highest BCUT2D eigenvalue weighted by Gasteiger charge is 2.15. The Morgan fingerprint density at radius 3 is 1.50 bits per heavy atom. The maximum atomic E-state index is 9.60. The van der Waals surface area contributed by atoms with Gasteiger partial charge in [0.05, 0.1) is 12.7 Å². The highest BCUT2D eigenvalue weighted by Crippen LogP contribution is 2.16. The second-order valence-corrected chi connectivity index (χ2v) is 7.72. The summed E-state index contributed by atoms with van der Waals surface area (Å²) in [6.45, 7) is 2.15. The summed E-state index contributed by atoms with van der Waals surface area (Å²) >= 11 is 0. The van der Waals surface area contributed by atoms with E-state index in [2.05, 4.69) is 25.9 Å². The molecule has 0 aliphatic heterocycles. The Bertz CT molecular complexity index is 246. The van der Waals surface area contributed by atoms with Gasteiger partial charge in [-0.3, -0.25) is 0 Å². The molecule has 2 atom stereocenters. The van der Waals surface area contributed by atoms with Gasteiger partial charge in [-0.1, -0.05) is 90.4 Å². The summed E-state index contributed by atoms with van der Waals surface area (Å²) in [6.07, 6.45) is 19.2. The molecule has 2 unspecified atom stereocenters. The lowest BCUT2D eigenvalue weighted by Crippen LogP contribution is -2.33. The molecule has 146 valence electrons. The summed E-state index contributed by atoms with van der Waals surface area (Å²) in [6, 6.07) is 0.389. The van der Waals surface area contributed by atoms with Crippen LogP contribution in [0.15, 0.2) is 0 Å². The standard InChI is InChI=1S/C21H45NO2/c1-4-5-6-7-8-9-10-11-12-13-14-15-16-17-20(22(2)3)18-21(24)19-23/h20-21,23-24H,4-19H2,1-3H3. The van der Waals surface area contributed by atoms with Gasteiger partial charge < -0.3 is 15.1 Å². The molecule has 0 aromatic heterocycles. The molecule has 0 aliphatic rings. The van der Waals surface area contributed by atoms with Crippen molar-refractivity contribution in [2.45, 2.75) is 115 Å². The number of nitrogens with zero attached hydrogens (tertiary/aromatic N) is 1. The van der Waals surface area contributed by atoms with Crippen LogP contribution in [0.5, 0.6) is 0 Å². The van der Waals surface area contributed by atoms with E-state index in [9.17, 15) is 5.11 Å². The number of aliphatic hydroxyl groups is 2. The number of unbranched alkanes of at least 4 members (excludes halogenated alkanes) is 12. The minimum Gasteiger partial charge on any atom is -0.394 e. The van der Waals surface area contributed by atoms with Crippen molar-refractivity contribution < 1.29 is 10.2 Å². The minimum atomic E-state index is -0.570. The molecule has 0 saturated carbocycles. The Morgan fingerprint density at radius 1 is 0.708 bits per heavy atom. The molecule has 0 bridgehead atoms. The minimum absolute atomic E-state index is 0.122. The molecule has 0 aliphatic carbocycles. The largest absolute Gasteiger partial charge is 0.394 e. The molecule has 0 saturated heterocycles. The molecular formula is C21H45NO2. The number of hydrogen-bond acceptors (Lipinski definition) is 3. The summed E-state index contributed by atoms with van der Waals surface area (Å²) in [5, 5.41) is 18.6. The predicted octanol–water partition coefficient (Wildman–Crippen LogP) is 5.14. The van der Waals surface area contributed by atoms with Crippen molar-refractivity contribution >= 4 is 0 Å². The van der Waals surface area contributed by atoms with Gasteiger partial charge in [0.2, 0.25) is 0 Å². The van der Waals surface area contributed by atoms with Crippen molar-refractivity contribution in [1.82, 2.24) is 4.90 Å². The quantitative estimate of drug-likeness (QED) is 0.339. The average molecular weight is 344 g/mol. The summed E-state index contributed by atoms with van der Waals surface area (Å²) < 4.78 is 0. The lowest BCUT2D eigenvalue weighted by Gasteiger charge is -2.26. The summed E-state index contributed by atoms with van der Waals surface area (Å²) in [5.74, 6) is 0. The van der Waals surface area contributed by atoms with Crippen molar-refractivity contribution in [1.29, 1.82) is 0 Å². The SMILES string of the molecule is CCCCCCCCCCCCCCCC(CC(O)CO)N(C)C. The second-order valence-electron chi connectivity index (χ2n) is 7.72. The summed E-state index contributed by atoms with van der Waals surface area (Å²) in [7, 11) is 4.13. The second kappa shape index (κ2) is 17.7. The van der Waals surface area contributed by atoms with Crippen LogP contribution in [-0.2, 0) is 0 Å². The molecule has 2 N–H and O–H groups in total. The number of rotatable bonds is 18. The third-order valence-corrected chi connectivity index (χ3v) is 5.13. The first kappa shape index (κ1) is 23.9. The Hall–Kier alpha value is -0.120. The highest BCUT2D eigenvalue weighted by molar-refractivity contribution is 4.70. The lowest BCUT2D eigenvalue weighted by atomic mass is 10.00.